The van der Waals surface area contributed by atoms with Gasteiger partial charge in [0.05, 0.1) is 0 Å². The Balaban J connectivity index is 1.97. The lowest BCUT2D eigenvalue weighted by Gasteiger charge is -2.43. The molecule has 3 unspecified atom stereocenters. The summed E-state index contributed by atoms with van der Waals surface area (Å²) in [6.07, 6.45) is 10.6. The summed E-state index contributed by atoms with van der Waals surface area (Å²) >= 11 is 0. The Bertz CT molecular complexity index is 285. The fourth-order valence-electron chi connectivity index (χ4n) is 3.77. The number of nitrogens with zero attached hydrogens (tertiary/aromatic N) is 1. The van der Waals surface area contributed by atoms with Gasteiger partial charge in [0.2, 0.25) is 0 Å². The van der Waals surface area contributed by atoms with Gasteiger partial charge < -0.3 is 5.73 Å². The van der Waals surface area contributed by atoms with Crippen LogP contribution in [0.5, 0.6) is 0 Å². The van der Waals surface area contributed by atoms with Gasteiger partial charge in [0.1, 0.15) is 0 Å². The molecule has 2 rings (SSSR count). The maximum absolute atomic E-state index is 6.00. The van der Waals surface area contributed by atoms with Crippen molar-refractivity contribution in [2.24, 2.45) is 17.6 Å². The molecule has 1 fully saturated rings. The van der Waals surface area contributed by atoms with Gasteiger partial charge in [-0.3, -0.25) is 4.90 Å². The van der Waals surface area contributed by atoms with E-state index in [2.05, 4.69) is 24.8 Å². The monoisotopic (exact) mass is 250 g/mol. The molecular weight excluding hydrogens is 220 g/mol. The molecule has 0 saturated heterocycles. The predicted octanol–water partition coefficient (Wildman–Crippen LogP) is 3.18. The van der Waals surface area contributed by atoms with Crippen molar-refractivity contribution in [2.45, 2.75) is 58.4 Å². The van der Waals surface area contributed by atoms with Crippen molar-refractivity contribution in [2.75, 3.05) is 19.6 Å². The van der Waals surface area contributed by atoms with Crippen molar-refractivity contribution < 1.29 is 0 Å². The molecule has 18 heavy (non-hydrogen) atoms. The molecule has 1 aliphatic carbocycles. The highest BCUT2D eigenvalue weighted by atomic mass is 15.2. The van der Waals surface area contributed by atoms with E-state index in [-0.39, 0.29) is 0 Å². The first-order valence-electron chi connectivity index (χ1n) is 7.84. The van der Waals surface area contributed by atoms with Gasteiger partial charge in [0.15, 0.2) is 0 Å². The van der Waals surface area contributed by atoms with Crippen LogP contribution in [0.3, 0.4) is 0 Å². The number of rotatable bonds is 4. The van der Waals surface area contributed by atoms with Gasteiger partial charge in [-0.1, -0.05) is 37.8 Å². The minimum Gasteiger partial charge on any atom is -0.330 e. The van der Waals surface area contributed by atoms with Crippen molar-refractivity contribution in [3.63, 3.8) is 0 Å². The molecule has 2 heteroatoms. The van der Waals surface area contributed by atoms with E-state index in [1.54, 1.807) is 5.57 Å². The molecule has 0 aromatic heterocycles. The Hall–Kier alpha value is -0.340. The van der Waals surface area contributed by atoms with Gasteiger partial charge in [0.25, 0.3) is 0 Å². The van der Waals surface area contributed by atoms with E-state index >= 15 is 0 Å². The zero-order valence-electron chi connectivity index (χ0n) is 12.2. The molecule has 1 saturated carbocycles. The molecule has 0 radical (unpaired) electrons. The minimum atomic E-state index is 0.741. The highest BCUT2D eigenvalue weighted by Gasteiger charge is 2.33. The summed E-state index contributed by atoms with van der Waals surface area (Å²) in [7, 11) is 0. The normalized spacial score (nSPS) is 34.4. The van der Waals surface area contributed by atoms with Crippen LogP contribution in [0.1, 0.15) is 52.4 Å². The second-order valence-electron chi connectivity index (χ2n) is 6.33. The highest BCUT2D eigenvalue weighted by molar-refractivity contribution is 5.05. The van der Waals surface area contributed by atoms with Crippen LogP contribution in [0.15, 0.2) is 11.6 Å². The number of nitrogens with two attached hydrogens (primary N) is 1. The average molecular weight is 250 g/mol. The fraction of sp³-hybridized carbons (Fsp3) is 0.875. The third kappa shape index (κ3) is 3.36. The number of hydrogen-bond donors (Lipinski definition) is 1. The van der Waals surface area contributed by atoms with Crippen LogP contribution < -0.4 is 5.73 Å². The first-order chi connectivity index (χ1) is 8.74. The molecule has 0 spiro atoms. The largest absolute Gasteiger partial charge is 0.330 e. The standard InChI is InChI=1S/C16H30N2/c1-3-4-14-5-6-15(12-17)16(11-14)18-9-7-13(2)8-10-18/h7,14-16H,3-6,8-12,17H2,1-2H3. The van der Waals surface area contributed by atoms with Gasteiger partial charge in [-0.15, -0.1) is 0 Å². The van der Waals surface area contributed by atoms with E-state index in [9.17, 15) is 0 Å². The molecular formula is C16H30N2. The van der Waals surface area contributed by atoms with Crippen LogP contribution >= 0.6 is 0 Å². The molecule has 2 aliphatic rings. The molecule has 0 aromatic rings. The van der Waals surface area contributed by atoms with Gasteiger partial charge in [-0.2, -0.15) is 0 Å². The van der Waals surface area contributed by atoms with E-state index in [0.717, 1.165) is 31.0 Å². The molecule has 0 amide bonds. The van der Waals surface area contributed by atoms with E-state index in [4.69, 9.17) is 5.73 Å². The maximum Gasteiger partial charge on any atom is 0.0168 e. The lowest BCUT2D eigenvalue weighted by Crippen LogP contribution is -2.48. The van der Waals surface area contributed by atoms with Crippen LogP contribution in [0.4, 0.5) is 0 Å². The van der Waals surface area contributed by atoms with Crippen molar-refractivity contribution in [3.05, 3.63) is 11.6 Å². The summed E-state index contributed by atoms with van der Waals surface area (Å²) in [6.45, 7) is 7.87. The van der Waals surface area contributed by atoms with Crippen LogP contribution in [-0.2, 0) is 0 Å². The summed E-state index contributed by atoms with van der Waals surface area (Å²) in [6, 6.07) is 0.754. The topological polar surface area (TPSA) is 29.3 Å². The molecule has 2 N–H and O–H groups in total. The third-order valence-electron chi connectivity index (χ3n) is 5.00. The van der Waals surface area contributed by atoms with Crippen molar-refractivity contribution in [3.8, 4) is 0 Å². The second kappa shape index (κ2) is 6.72. The van der Waals surface area contributed by atoms with E-state index in [0.29, 0.717) is 0 Å². The number of hydrogen-bond acceptors (Lipinski definition) is 2. The molecule has 3 atom stereocenters. The SMILES string of the molecule is CCCC1CCC(CN)C(N2CC=C(C)CC2)C1. The Morgan fingerprint density at radius 2 is 2.22 bits per heavy atom. The minimum absolute atomic E-state index is 0.741. The van der Waals surface area contributed by atoms with E-state index < -0.39 is 0 Å². The molecule has 2 nitrogen and oxygen atoms in total. The summed E-state index contributed by atoms with van der Waals surface area (Å²) in [5, 5.41) is 0. The quantitative estimate of drug-likeness (QED) is 0.777. The van der Waals surface area contributed by atoms with Crippen molar-refractivity contribution >= 4 is 0 Å². The lowest BCUT2D eigenvalue weighted by molar-refractivity contribution is 0.0855. The van der Waals surface area contributed by atoms with Crippen LogP contribution in [0.25, 0.3) is 0 Å². The lowest BCUT2D eigenvalue weighted by atomic mass is 9.75. The predicted molar refractivity (Wildman–Crippen MR) is 78.5 cm³/mol. The van der Waals surface area contributed by atoms with E-state index in [1.165, 1.54) is 45.1 Å². The molecule has 0 bridgehead atoms. The zero-order chi connectivity index (χ0) is 13.0. The van der Waals surface area contributed by atoms with Gasteiger partial charge >= 0.3 is 0 Å². The van der Waals surface area contributed by atoms with Gasteiger partial charge in [0, 0.05) is 19.1 Å². The summed E-state index contributed by atoms with van der Waals surface area (Å²) in [4.78, 5) is 2.70. The van der Waals surface area contributed by atoms with Crippen LogP contribution in [0.2, 0.25) is 0 Å². The molecule has 1 aliphatic heterocycles. The summed E-state index contributed by atoms with van der Waals surface area (Å²) < 4.78 is 0. The van der Waals surface area contributed by atoms with Crippen molar-refractivity contribution in [1.82, 2.24) is 4.90 Å². The highest BCUT2D eigenvalue weighted by Crippen LogP contribution is 2.35. The maximum atomic E-state index is 6.00. The van der Waals surface area contributed by atoms with Gasteiger partial charge in [-0.05, 0) is 44.6 Å². The van der Waals surface area contributed by atoms with E-state index in [1.807, 2.05) is 0 Å². The fourth-order valence-corrected chi connectivity index (χ4v) is 3.77. The van der Waals surface area contributed by atoms with Crippen molar-refractivity contribution in [1.29, 1.82) is 0 Å². The second-order valence-corrected chi connectivity index (χ2v) is 6.33. The van der Waals surface area contributed by atoms with Gasteiger partial charge in [-0.25, -0.2) is 0 Å². The summed E-state index contributed by atoms with van der Waals surface area (Å²) in [5.41, 5.74) is 7.57. The Morgan fingerprint density at radius 1 is 1.39 bits per heavy atom. The van der Waals surface area contributed by atoms with Crippen LogP contribution in [-0.4, -0.2) is 30.6 Å². The smallest absolute Gasteiger partial charge is 0.0168 e. The molecule has 104 valence electrons. The zero-order valence-corrected chi connectivity index (χ0v) is 12.2. The Labute approximate surface area is 113 Å². The molecule has 1 heterocycles. The Kier molecular flexibility index (Phi) is 5.25. The first-order valence-corrected chi connectivity index (χ1v) is 7.84. The first kappa shape index (κ1) is 14.1. The van der Waals surface area contributed by atoms with Crippen LogP contribution in [0, 0.1) is 11.8 Å². The molecule has 0 aromatic carbocycles. The Morgan fingerprint density at radius 3 is 2.83 bits per heavy atom. The third-order valence-corrected chi connectivity index (χ3v) is 5.00. The average Bonchev–Trinajstić information content (AvgIpc) is 2.40. The summed E-state index contributed by atoms with van der Waals surface area (Å²) in [5.74, 6) is 1.69.